The first-order valence-corrected chi connectivity index (χ1v) is 6.56. The van der Waals surface area contributed by atoms with Crippen molar-refractivity contribution in [2.45, 2.75) is 32.3 Å². The first-order chi connectivity index (χ1) is 7.55. The van der Waals surface area contributed by atoms with E-state index in [0.29, 0.717) is 6.61 Å². The highest BCUT2D eigenvalue weighted by molar-refractivity contribution is 7.10. The number of halogens is 1. The Morgan fingerprint density at radius 3 is 3.00 bits per heavy atom. The highest BCUT2D eigenvalue weighted by Gasteiger charge is 2.32. The van der Waals surface area contributed by atoms with Gasteiger partial charge in [-0.25, -0.2) is 0 Å². The Labute approximate surface area is 105 Å². The van der Waals surface area contributed by atoms with Crippen LogP contribution in [0.4, 0.5) is 0 Å². The third-order valence-electron chi connectivity index (χ3n) is 2.36. The number of nitrogens with one attached hydrogen (secondary N) is 1. The molecule has 1 unspecified atom stereocenters. The summed E-state index contributed by atoms with van der Waals surface area (Å²) >= 11 is 7.51. The van der Waals surface area contributed by atoms with Crippen molar-refractivity contribution >= 4 is 22.9 Å². The van der Waals surface area contributed by atoms with Crippen LogP contribution in [-0.4, -0.2) is 25.0 Å². The Morgan fingerprint density at radius 1 is 1.62 bits per heavy atom. The molecule has 0 amide bonds. The quantitative estimate of drug-likeness (QED) is 0.904. The molecule has 1 aromatic heterocycles. The summed E-state index contributed by atoms with van der Waals surface area (Å²) in [5.41, 5.74) is 0. The summed E-state index contributed by atoms with van der Waals surface area (Å²) in [6, 6.07) is 1.98. The van der Waals surface area contributed by atoms with Gasteiger partial charge in [0.1, 0.15) is 0 Å². The van der Waals surface area contributed by atoms with Gasteiger partial charge in [-0.3, -0.25) is 0 Å². The summed E-state index contributed by atoms with van der Waals surface area (Å²) in [7, 11) is 0. The third-order valence-corrected chi connectivity index (χ3v) is 3.64. The molecule has 0 saturated carbocycles. The monoisotopic (exact) mass is 261 g/mol. The number of ether oxygens (including phenoxy) is 2. The molecule has 1 saturated heterocycles. The Bertz CT molecular complexity index is 354. The van der Waals surface area contributed by atoms with Gasteiger partial charge in [0, 0.05) is 23.3 Å². The van der Waals surface area contributed by atoms with E-state index in [9.17, 15) is 0 Å². The minimum atomic E-state index is -0.432. The van der Waals surface area contributed by atoms with E-state index in [4.69, 9.17) is 21.1 Å². The molecule has 1 atom stereocenters. The Hall–Kier alpha value is -0.130. The molecule has 0 bridgehead atoms. The van der Waals surface area contributed by atoms with E-state index in [0.717, 1.165) is 18.1 Å². The second-order valence-corrected chi connectivity index (χ2v) is 5.75. The lowest BCUT2D eigenvalue weighted by Gasteiger charge is -2.17. The van der Waals surface area contributed by atoms with Gasteiger partial charge in [0.2, 0.25) is 0 Å². The summed E-state index contributed by atoms with van der Waals surface area (Å²) < 4.78 is 11.2. The van der Waals surface area contributed by atoms with Gasteiger partial charge in [-0.15, -0.1) is 11.3 Å². The van der Waals surface area contributed by atoms with E-state index >= 15 is 0 Å². The van der Waals surface area contributed by atoms with Gasteiger partial charge in [-0.1, -0.05) is 11.6 Å². The lowest BCUT2D eigenvalue weighted by Crippen LogP contribution is -2.30. The minimum absolute atomic E-state index is 0.144. The molecule has 2 heterocycles. The average Bonchev–Trinajstić information content (AvgIpc) is 2.73. The van der Waals surface area contributed by atoms with Crippen LogP contribution in [-0.2, 0) is 16.0 Å². The van der Waals surface area contributed by atoms with Crippen LogP contribution in [0.25, 0.3) is 0 Å². The number of hydrogen-bond acceptors (Lipinski definition) is 4. The molecule has 1 fully saturated rings. The fraction of sp³-hybridized carbons (Fsp3) is 0.636. The van der Waals surface area contributed by atoms with Crippen molar-refractivity contribution in [1.29, 1.82) is 0 Å². The second-order valence-electron chi connectivity index (χ2n) is 4.31. The largest absolute Gasteiger partial charge is 0.348 e. The molecule has 1 N–H and O–H groups in total. The third kappa shape index (κ3) is 3.43. The topological polar surface area (TPSA) is 30.5 Å². The zero-order valence-electron chi connectivity index (χ0n) is 9.46. The molecule has 0 radical (unpaired) electrons. The highest BCUT2D eigenvalue weighted by Crippen LogP contribution is 2.22. The maximum Gasteiger partial charge on any atom is 0.163 e. The fourth-order valence-electron chi connectivity index (χ4n) is 1.67. The van der Waals surface area contributed by atoms with E-state index in [1.807, 2.05) is 25.3 Å². The van der Waals surface area contributed by atoms with Crippen molar-refractivity contribution in [2.75, 3.05) is 13.2 Å². The molecule has 16 heavy (non-hydrogen) atoms. The van der Waals surface area contributed by atoms with Gasteiger partial charge in [-0.2, -0.15) is 0 Å². The summed E-state index contributed by atoms with van der Waals surface area (Å²) in [6.45, 7) is 6.17. The summed E-state index contributed by atoms with van der Waals surface area (Å²) in [5, 5.41) is 6.09. The van der Waals surface area contributed by atoms with Gasteiger partial charge in [-0.05, 0) is 19.9 Å². The molecule has 1 aliphatic heterocycles. The van der Waals surface area contributed by atoms with Crippen LogP contribution in [0.1, 0.15) is 18.7 Å². The lowest BCUT2D eigenvalue weighted by atomic mass is 10.3. The van der Waals surface area contributed by atoms with Gasteiger partial charge < -0.3 is 14.8 Å². The van der Waals surface area contributed by atoms with Crippen molar-refractivity contribution in [1.82, 2.24) is 5.32 Å². The molecule has 5 heteroatoms. The highest BCUT2D eigenvalue weighted by atomic mass is 35.5. The van der Waals surface area contributed by atoms with Gasteiger partial charge in [0.05, 0.1) is 17.7 Å². The standard InChI is InChI=1S/C11H16ClNO2S/c1-11(2)14-6-9(15-11)4-13-5-10-3-8(12)7-16-10/h3,7,9,13H,4-6H2,1-2H3. The molecular weight excluding hydrogens is 246 g/mol. The molecule has 0 aromatic carbocycles. The molecule has 0 aliphatic carbocycles. The summed E-state index contributed by atoms with van der Waals surface area (Å²) in [4.78, 5) is 1.24. The predicted octanol–water partition coefficient (Wildman–Crippen LogP) is 2.64. The first-order valence-electron chi connectivity index (χ1n) is 5.30. The molecule has 3 nitrogen and oxygen atoms in total. The zero-order valence-corrected chi connectivity index (χ0v) is 11.0. The van der Waals surface area contributed by atoms with Gasteiger partial charge >= 0.3 is 0 Å². The van der Waals surface area contributed by atoms with Crippen molar-refractivity contribution < 1.29 is 9.47 Å². The first kappa shape index (κ1) is 12.3. The molecule has 0 spiro atoms. The summed E-state index contributed by atoms with van der Waals surface area (Å²) in [6.07, 6.45) is 0.144. The fourth-order valence-corrected chi connectivity index (χ4v) is 2.71. The van der Waals surface area contributed by atoms with Crippen LogP contribution in [0.15, 0.2) is 11.4 Å². The lowest BCUT2D eigenvalue weighted by molar-refractivity contribution is -0.137. The molecular formula is C11H16ClNO2S. The Morgan fingerprint density at radius 2 is 2.44 bits per heavy atom. The number of rotatable bonds is 4. The van der Waals surface area contributed by atoms with Crippen LogP contribution >= 0.6 is 22.9 Å². The Kier molecular flexibility index (Phi) is 3.87. The zero-order chi connectivity index (χ0) is 11.6. The van der Waals surface area contributed by atoms with Crippen molar-refractivity contribution in [3.63, 3.8) is 0 Å². The van der Waals surface area contributed by atoms with E-state index < -0.39 is 5.79 Å². The normalized spacial score (nSPS) is 23.8. The van der Waals surface area contributed by atoms with Crippen LogP contribution in [0, 0.1) is 0 Å². The molecule has 90 valence electrons. The van der Waals surface area contributed by atoms with Crippen molar-refractivity contribution in [2.24, 2.45) is 0 Å². The van der Waals surface area contributed by atoms with E-state index in [-0.39, 0.29) is 6.10 Å². The smallest absolute Gasteiger partial charge is 0.163 e. The number of hydrogen-bond donors (Lipinski definition) is 1. The van der Waals surface area contributed by atoms with Crippen LogP contribution in [0.3, 0.4) is 0 Å². The predicted molar refractivity (Wildman–Crippen MR) is 65.9 cm³/mol. The van der Waals surface area contributed by atoms with E-state index in [2.05, 4.69) is 5.32 Å². The number of thiophene rings is 1. The van der Waals surface area contributed by atoms with Crippen molar-refractivity contribution in [3.8, 4) is 0 Å². The Balaban J connectivity index is 1.69. The molecule has 2 rings (SSSR count). The van der Waals surface area contributed by atoms with Gasteiger partial charge in [0.15, 0.2) is 5.79 Å². The SMILES string of the molecule is CC1(C)OCC(CNCc2cc(Cl)cs2)O1. The molecule has 1 aliphatic rings. The van der Waals surface area contributed by atoms with Gasteiger partial charge in [0.25, 0.3) is 0 Å². The average molecular weight is 262 g/mol. The van der Waals surface area contributed by atoms with Crippen LogP contribution < -0.4 is 5.32 Å². The van der Waals surface area contributed by atoms with Crippen LogP contribution in [0.5, 0.6) is 0 Å². The summed E-state index contributed by atoms with van der Waals surface area (Å²) in [5.74, 6) is -0.432. The maximum absolute atomic E-state index is 5.84. The minimum Gasteiger partial charge on any atom is -0.348 e. The van der Waals surface area contributed by atoms with Crippen LogP contribution in [0.2, 0.25) is 5.02 Å². The second kappa shape index (κ2) is 5.02. The van der Waals surface area contributed by atoms with E-state index in [1.165, 1.54) is 4.88 Å². The van der Waals surface area contributed by atoms with Crippen molar-refractivity contribution in [3.05, 3.63) is 21.3 Å². The maximum atomic E-state index is 5.84. The molecule has 1 aromatic rings. The van der Waals surface area contributed by atoms with E-state index in [1.54, 1.807) is 11.3 Å².